The average Bonchev–Trinajstić information content (AvgIpc) is 2.95. The lowest BCUT2D eigenvalue weighted by molar-refractivity contribution is -0.136. The van der Waals surface area contributed by atoms with E-state index in [1.165, 1.54) is 37.6 Å². The largest absolute Gasteiger partial charge is 0.454 e. The Bertz CT molecular complexity index is 1400. The summed E-state index contributed by atoms with van der Waals surface area (Å²) in [5.41, 5.74) is 1.17. The number of thiocarbonyl (C=S) groups is 1. The number of anilines is 2. The molecule has 1 saturated heterocycles. The van der Waals surface area contributed by atoms with E-state index < -0.39 is 5.82 Å². The van der Waals surface area contributed by atoms with Gasteiger partial charge in [-0.25, -0.2) is 14.2 Å². The van der Waals surface area contributed by atoms with Crippen molar-refractivity contribution in [2.45, 2.75) is 6.42 Å². The molecule has 4 rings (SSSR count). The number of ether oxygens (including phenoxy) is 2. The van der Waals surface area contributed by atoms with Gasteiger partial charge in [-0.05, 0) is 36.0 Å². The number of amides is 4. The first-order valence-electron chi connectivity index (χ1n) is 12.7. The van der Waals surface area contributed by atoms with Gasteiger partial charge in [0.1, 0.15) is 18.2 Å². The molecule has 0 radical (unpaired) electrons. The molecule has 0 bridgehead atoms. The maximum absolute atomic E-state index is 14.8. The van der Waals surface area contributed by atoms with Gasteiger partial charge in [-0.15, -0.1) is 0 Å². The first kappa shape index (κ1) is 29.4. The number of hydrogen-bond acceptors (Lipinski definition) is 7. The topological polar surface area (TPSA) is 125 Å². The van der Waals surface area contributed by atoms with Gasteiger partial charge in [-0.1, -0.05) is 30.3 Å². The van der Waals surface area contributed by atoms with Gasteiger partial charge in [-0.2, -0.15) is 0 Å². The van der Waals surface area contributed by atoms with E-state index in [4.69, 9.17) is 21.7 Å². The molecule has 0 aliphatic carbocycles. The van der Waals surface area contributed by atoms with Crippen LogP contribution in [-0.4, -0.2) is 77.6 Å². The van der Waals surface area contributed by atoms with E-state index in [1.54, 1.807) is 15.9 Å². The Balaban J connectivity index is 1.28. The second-order valence-electron chi connectivity index (χ2n) is 9.02. The van der Waals surface area contributed by atoms with Gasteiger partial charge < -0.3 is 29.9 Å². The van der Waals surface area contributed by atoms with E-state index in [9.17, 15) is 18.8 Å². The number of rotatable bonds is 8. The molecule has 0 atom stereocenters. The van der Waals surface area contributed by atoms with Crippen molar-refractivity contribution in [3.05, 3.63) is 78.2 Å². The van der Waals surface area contributed by atoms with Crippen LogP contribution in [0.2, 0.25) is 0 Å². The summed E-state index contributed by atoms with van der Waals surface area (Å²) >= 11 is 5.17. The minimum atomic E-state index is -0.670. The van der Waals surface area contributed by atoms with E-state index in [0.29, 0.717) is 31.9 Å². The predicted octanol–water partition coefficient (Wildman–Crippen LogP) is 3.39. The summed E-state index contributed by atoms with van der Waals surface area (Å²) in [6.45, 7) is 1.54. The fourth-order valence-electron chi connectivity index (χ4n) is 4.01. The minimum absolute atomic E-state index is 0.00355. The Morgan fingerprint density at radius 1 is 0.976 bits per heavy atom. The lowest BCUT2D eigenvalue weighted by Gasteiger charge is -2.34. The lowest BCUT2D eigenvalue weighted by atomic mass is 10.1. The Kier molecular flexibility index (Phi) is 10.1. The number of carbonyl (C=O) groups excluding carboxylic acids is 3. The second kappa shape index (κ2) is 14.1. The van der Waals surface area contributed by atoms with Gasteiger partial charge in [-0.3, -0.25) is 14.9 Å². The van der Waals surface area contributed by atoms with Crippen molar-refractivity contribution in [2.75, 3.05) is 50.5 Å². The molecule has 13 heteroatoms. The molecule has 11 nitrogen and oxygen atoms in total. The number of nitrogens with one attached hydrogen (secondary N) is 3. The van der Waals surface area contributed by atoms with Crippen LogP contribution < -0.4 is 20.7 Å². The molecule has 1 aliphatic rings. The van der Waals surface area contributed by atoms with Crippen molar-refractivity contribution < 1.29 is 28.2 Å². The molecule has 4 amide bonds. The number of carbonyl (C=O) groups is 3. The summed E-state index contributed by atoms with van der Waals surface area (Å²) in [6.07, 6.45) is 1.58. The number of methoxy groups -OCH3 is 1. The average molecular weight is 581 g/mol. The third-order valence-electron chi connectivity index (χ3n) is 6.03. The van der Waals surface area contributed by atoms with Crippen molar-refractivity contribution in [3.63, 3.8) is 0 Å². The summed E-state index contributed by atoms with van der Waals surface area (Å²) in [4.78, 5) is 44.2. The highest BCUT2D eigenvalue weighted by Crippen LogP contribution is 2.27. The summed E-state index contributed by atoms with van der Waals surface area (Å²) < 4.78 is 25.3. The molecule has 1 aliphatic heterocycles. The zero-order chi connectivity index (χ0) is 29.2. The van der Waals surface area contributed by atoms with E-state index in [1.807, 2.05) is 30.3 Å². The first-order valence-corrected chi connectivity index (χ1v) is 13.1. The number of urea groups is 1. The third-order valence-corrected chi connectivity index (χ3v) is 6.24. The molecule has 214 valence electrons. The zero-order valence-electron chi connectivity index (χ0n) is 22.3. The summed E-state index contributed by atoms with van der Waals surface area (Å²) in [5, 5.41) is 8.09. The van der Waals surface area contributed by atoms with Crippen LogP contribution >= 0.6 is 12.2 Å². The van der Waals surface area contributed by atoms with Gasteiger partial charge in [0.05, 0.1) is 6.42 Å². The highest BCUT2D eigenvalue weighted by atomic mass is 32.1. The van der Waals surface area contributed by atoms with E-state index in [2.05, 4.69) is 20.9 Å². The molecule has 3 N–H and O–H groups in total. The fraction of sp³-hybridized carbons (Fsp3) is 0.250. The SMILES string of the molecule is COCC(=O)N1CCN(C(=O)Nc2cc(Oc3ccc(NC(=S)NC(=O)Cc4ccccc4)cc3F)ccn2)CC1. The molecule has 0 saturated carbocycles. The van der Waals surface area contributed by atoms with Crippen LogP contribution in [0, 0.1) is 5.82 Å². The van der Waals surface area contributed by atoms with Crippen LogP contribution in [0.4, 0.5) is 20.7 Å². The summed E-state index contributed by atoms with van der Waals surface area (Å²) in [5.74, 6) is -0.668. The van der Waals surface area contributed by atoms with Crippen LogP contribution in [0.1, 0.15) is 5.56 Å². The highest BCUT2D eigenvalue weighted by Gasteiger charge is 2.24. The van der Waals surface area contributed by atoms with Crippen LogP contribution in [-0.2, 0) is 20.7 Å². The Labute approximate surface area is 241 Å². The van der Waals surface area contributed by atoms with Gasteiger partial charge in [0.25, 0.3) is 0 Å². The van der Waals surface area contributed by atoms with Crippen molar-refractivity contribution in [1.82, 2.24) is 20.1 Å². The number of nitrogens with zero attached hydrogens (tertiary/aromatic N) is 3. The molecular formula is C28H29FN6O5S. The van der Waals surface area contributed by atoms with Crippen LogP contribution in [0.15, 0.2) is 66.9 Å². The minimum Gasteiger partial charge on any atom is -0.454 e. The zero-order valence-corrected chi connectivity index (χ0v) is 23.1. The number of halogens is 1. The molecule has 0 spiro atoms. The monoisotopic (exact) mass is 580 g/mol. The maximum Gasteiger partial charge on any atom is 0.323 e. The number of aromatic nitrogens is 1. The molecule has 1 aromatic heterocycles. The van der Waals surface area contributed by atoms with Crippen molar-refractivity contribution in [3.8, 4) is 11.5 Å². The van der Waals surface area contributed by atoms with Crippen molar-refractivity contribution in [1.29, 1.82) is 0 Å². The molecule has 2 heterocycles. The third kappa shape index (κ3) is 8.68. The Morgan fingerprint density at radius 2 is 1.71 bits per heavy atom. The molecule has 2 aromatic carbocycles. The van der Waals surface area contributed by atoms with Gasteiger partial charge in [0.2, 0.25) is 11.8 Å². The van der Waals surface area contributed by atoms with Gasteiger partial charge >= 0.3 is 6.03 Å². The highest BCUT2D eigenvalue weighted by molar-refractivity contribution is 7.80. The molecule has 41 heavy (non-hydrogen) atoms. The Hall–Kier alpha value is -4.62. The molecule has 3 aromatic rings. The van der Waals surface area contributed by atoms with Gasteiger partial charge in [0, 0.05) is 57.3 Å². The quantitative estimate of drug-likeness (QED) is 0.347. The smallest absolute Gasteiger partial charge is 0.323 e. The van der Waals surface area contributed by atoms with Crippen molar-refractivity contribution >= 4 is 46.7 Å². The summed E-state index contributed by atoms with van der Waals surface area (Å²) in [7, 11) is 1.46. The van der Waals surface area contributed by atoms with Crippen molar-refractivity contribution in [2.24, 2.45) is 0 Å². The number of hydrogen-bond donors (Lipinski definition) is 3. The number of pyridine rings is 1. The predicted molar refractivity (Wildman–Crippen MR) is 154 cm³/mol. The standard InChI is InChI=1S/C28H29FN6O5S/c1-39-18-26(37)34-11-13-35(14-12-34)28(38)32-24-17-21(9-10-30-24)40-23-8-7-20(16-22(23)29)31-27(41)33-25(36)15-19-5-3-2-4-6-19/h2-10,16-17H,11-15,18H2,1H3,(H,30,32,38)(H2,31,33,36,41). The van der Waals surface area contributed by atoms with Crippen LogP contribution in [0.5, 0.6) is 11.5 Å². The Morgan fingerprint density at radius 3 is 2.41 bits per heavy atom. The van der Waals surface area contributed by atoms with E-state index in [-0.39, 0.29) is 53.3 Å². The molecular weight excluding hydrogens is 551 g/mol. The number of benzene rings is 2. The second-order valence-corrected chi connectivity index (χ2v) is 9.43. The molecule has 0 unspecified atom stereocenters. The summed E-state index contributed by atoms with van der Waals surface area (Å²) in [6, 6.07) is 16.0. The first-order chi connectivity index (χ1) is 19.8. The van der Waals surface area contributed by atoms with E-state index in [0.717, 1.165) is 5.56 Å². The molecule has 1 fully saturated rings. The van der Waals surface area contributed by atoms with Gasteiger partial charge in [0.15, 0.2) is 16.7 Å². The van der Waals surface area contributed by atoms with Crippen LogP contribution in [0.25, 0.3) is 0 Å². The van der Waals surface area contributed by atoms with Crippen LogP contribution in [0.3, 0.4) is 0 Å². The number of piperazine rings is 1. The van der Waals surface area contributed by atoms with E-state index >= 15 is 0 Å². The lowest BCUT2D eigenvalue weighted by Crippen LogP contribution is -2.52. The maximum atomic E-state index is 14.8. The normalized spacial score (nSPS) is 12.8. The fourth-order valence-corrected chi connectivity index (χ4v) is 4.24.